The first kappa shape index (κ1) is 20.5. The van der Waals surface area contributed by atoms with Gasteiger partial charge in [0.1, 0.15) is 5.82 Å². The van der Waals surface area contributed by atoms with Gasteiger partial charge in [0.2, 0.25) is 0 Å². The normalized spacial score (nSPS) is 15.2. The molecule has 3 aromatic carbocycles. The first-order chi connectivity index (χ1) is 15.6. The van der Waals surface area contributed by atoms with E-state index in [4.69, 9.17) is 0 Å². The van der Waals surface area contributed by atoms with Crippen LogP contribution in [0.5, 0.6) is 0 Å². The number of aromatic nitrogens is 1. The Bertz CT molecular complexity index is 1240. The predicted molar refractivity (Wildman–Crippen MR) is 128 cm³/mol. The van der Waals surface area contributed by atoms with Crippen LogP contribution in [-0.2, 0) is 0 Å². The van der Waals surface area contributed by atoms with Gasteiger partial charge in [0.25, 0.3) is 5.91 Å². The summed E-state index contributed by atoms with van der Waals surface area (Å²) < 4.78 is 13.1. The van der Waals surface area contributed by atoms with Crippen molar-refractivity contribution >= 4 is 22.5 Å². The molecule has 5 rings (SSSR count). The van der Waals surface area contributed by atoms with E-state index in [1.54, 1.807) is 0 Å². The molecule has 0 unspecified atom stereocenters. The molecule has 1 aliphatic heterocycles. The standard InChI is InChI=1S/C27H26FN3O/c1-31-14-12-19(13-15-31)25-17-29-26-11-6-21(16-24(25)26)18-4-9-23(10-5-18)30-27(32)20-2-7-22(28)8-3-20/h2-11,16-17,19,29H,12-15H2,1H3,(H,30,32). The van der Waals surface area contributed by atoms with E-state index in [1.807, 2.05) is 24.3 Å². The van der Waals surface area contributed by atoms with Crippen LogP contribution in [0, 0.1) is 5.82 Å². The minimum Gasteiger partial charge on any atom is -0.361 e. The number of halogens is 1. The van der Waals surface area contributed by atoms with Crippen molar-refractivity contribution in [1.82, 2.24) is 9.88 Å². The van der Waals surface area contributed by atoms with Gasteiger partial charge in [-0.2, -0.15) is 0 Å². The average Bonchev–Trinajstić information content (AvgIpc) is 3.24. The topological polar surface area (TPSA) is 48.1 Å². The van der Waals surface area contributed by atoms with E-state index in [2.05, 4.69) is 46.6 Å². The number of hydrogen-bond acceptors (Lipinski definition) is 2. The Morgan fingerprint density at radius 1 is 0.969 bits per heavy atom. The van der Waals surface area contributed by atoms with Crippen molar-refractivity contribution < 1.29 is 9.18 Å². The molecule has 2 heterocycles. The van der Waals surface area contributed by atoms with Crippen LogP contribution in [0.4, 0.5) is 10.1 Å². The van der Waals surface area contributed by atoms with Crippen molar-refractivity contribution in [3.63, 3.8) is 0 Å². The average molecular weight is 428 g/mol. The predicted octanol–water partition coefficient (Wildman–Crippen LogP) is 6.04. The molecule has 4 aromatic rings. The number of H-pyrrole nitrogens is 1. The quantitative estimate of drug-likeness (QED) is 0.417. The Balaban J connectivity index is 1.35. The highest BCUT2D eigenvalue weighted by atomic mass is 19.1. The molecule has 0 atom stereocenters. The summed E-state index contributed by atoms with van der Waals surface area (Å²) in [5.74, 6) is -0.0159. The number of benzene rings is 3. The molecule has 0 aliphatic carbocycles. The smallest absolute Gasteiger partial charge is 0.255 e. The number of amides is 1. The van der Waals surface area contributed by atoms with E-state index in [9.17, 15) is 9.18 Å². The van der Waals surface area contributed by atoms with E-state index < -0.39 is 0 Å². The molecule has 1 fully saturated rings. The number of nitrogens with zero attached hydrogens (tertiary/aromatic N) is 1. The number of hydrogen-bond donors (Lipinski definition) is 2. The molecular formula is C27H26FN3O. The van der Waals surface area contributed by atoms with Crippen LogP contribution >= 0.6 is 0 Å². The van der Waals surface area contributed by atoms with Gasteiger partial charge in [-0.15, -0.1) is 0 Å². The number of likely N-dealkylation sites (tertiary alicyclic amines) is 1. The van der Waals surface area contributed by atoms with Gasteiger partial charge < -0.3 is 15.2 Å². The van der Waals surface area contributed by atoms with Crippen molar-refractivity contribution in [3.8, 4) is 11.1 Å². The van der Waals surface area contributed by atoms with Gasteiger partial charge in [0.05, 0.1) is 0 Å². The first-order valence-corrected chi connectivity index (χ1v) is 11.0. The highest BCUT2D eigenvalue weighted by molar-refractivity contribution is 6.04. The number of fused-ring (bicyclic) bond motifs is 1. The van der Waals surface area contributed by atoms with Crippen LogP contribution in [0.25, 0.3) is 22.0 Å². The van der Waals surface area contributed by atoms with Gasteiger partial charge in [-0.05, 0) is 104 Å². The lowest BCUT2D eigenvalue weighted by atomic mass is 9.89. The number of aromatic amines is 1. The van der Waals surface area contributed by atoms with Crippen LogP contribution < -0.4 is 5.32 Å². The summed E-state index contributed by atoms with van der Waals surface area (Å²) in [5, 5.41) is 4.16. The maximum atomic E-state index is 13.1. The summed E-state index contributed by atoms with van der Waals surface area (Å²) in [4.78, 5) is 18.2. The third-order valence-corrected chi connectivity index (χ3v) is 6.45. The largest absolute Gasteiger partial charge is 0.361 e. The molecule has 0 spiro atoms. The van der Waals surface area contributed by atoms with E-state index in [0.29, 0.717) is 17.2 Å². The van der Waals surface area contributed by atoms with Gasteiger partial charge in [0, 0.05) is 28.4 Å². The molecule has 2 N–H and O–H groups in total. The molecule has 32 heavy (non-hydrogen) atoms. The Hall–Kier alpha value is -3.44. The SMILES string of the molecule is CN1CCC(c2c[nH]c3ccc(-c4ccc(NC(=O)c5ccc(F)cc5)cc4)cc23)CC1. The van der Waals surface area contributed by atoms with Gasteiger partial charge in [-0.25, -0.2) is 4.39 Å². The van der Waals surface area contributed by atoms with Crippen molar-refractivity contribution in [1.29, 1.82) is 0 Å². The summed E-state index contributed by atoms with van der Waals surface area (Å²) >= 11 is 0. The van der Waals surface area contributed by atoms with Crippen molar-refractivity contribution in [2.75, 3.05) is 25.5 Å². The molecule has 0 bridgehead atoms. The number of nitrogens with one attached hydrogen (secondary N) is 2. The third-order valence-electron chi connectivity index (χ3n) is 6.45. The Labute approximate surface area is 187 Å². The van der Waals surface area contributed by atoms with Crippen LogP contribution in [-0.4, -0.2) is 35.9 Å². The lowest BCUT2D eigenvalue weighted by molar-refractivity contribution is 0.102. The molecule has 1 amide bonds. The van der Waals surface area contributed by atoms with E-state index in [1.165, 1.54) is 53.6 Å². The second kappa shape index (κ2) is 8.60. The fourth-order valence-corrected chi connectivity index (χ4v) is 4.53. The molecule has 0 radical (unpaired) electrons. The summed E-state index contributed by atoms with van der Waals surface area (Å²) in [6.45, 7) is 2.28. The zero-order valence-electron chi connectivity index (χ0n) is 18.1. The zero-order valence-corrected chi connectivity index (χ0v) is 18.1. The number of carbonyl (C=O) groups excluding carboxylic acids is 1. The zero-order chi connectivity index (χ0) is 22.1. The molecule has 4 nitrogen and oxygen atoms in total. The molecule has 1 saturated heterocycles. The van der Waals surface area contributed by atoms with Gasteiger partial charge in [-0.3, -0.25) is 4.79 Å². The Kier molecular flexibility index (Phi) is 5.50. The van der Waals surface area contributed by atoms with Gasteiger partial charge in [-0.1, -0.05) is 18.2 Å². The number of rotatable bonds is 4. The van der Waals surface area contributed by atoms with E-state index in [-0.39, 0.29) is 11.7 Å². The van der Waals surface area contributed by atoms with Crippen molar-refractivity contribution in [3.05, 3.63) is 89.9 Å². The Morgan fingerprint density at radius 3 is 2.38 bits per heavy atom. The van der Waals surface area contributed by atoms with E-state index >= 15 is 0 Å². The van der Waals surface area contributed by atoms with Crippen LogP contribution in [0.1, 0.15) is 34.7 Å². The van der Waals surface area contributed by atoms with Gasteiger partial charge in [0.15, 0.2) is 0 Å². The van der Waals surface area contributed by atoms with Crippen molar-refractivity contribution in [2.24, 2.45) is 0 Å². The number of carbonyl (C=O) groups is 1. The third kappa shape index (κ3) is 4.16. The fourth-order valence-electron chi connectivity index (χ4n) is 4.53. The fraction of sp³-hybridized carbons (Fsp3) is 0.222. The highest BCUT2D eigenvalue weighted by Crippen LogP contribution is 2.35. The second-order valence-corrected chi connectivity index (χ2v) is 8.62. The lowest BCUT2D eigenvalue weighted by Crippen LogP contribution is -2.29. The minimum atomic E-state index is -0.357. The molecule has 5 heteroatoms. The second-order valence-electron chi connectivity index (χ2n) is 8.62. The maximum absolute atomic E-state index is 13.1. The highest BCUT2D eigenvalue weighted by Gasteiger charge is 2.21. The van der Waals surface area contributed by atoms with Crippen LogP contribution in [0.15, 0.2) is 72.9 Å². The Morgan fingerprint density at radius 2 is 1.66 bits per heavy atom. The monoisotopic (exact) mass is 427 g/mol. The molecule has 0 saturated carbocycles. The summed E-state index contributed by atoms with van der Waals surface area (Å²) in [6, 6.07) is 19.9. The van der Waals surface area contributed by atoms with E-state index in [0.717, 1.165) is 24.2 Å². The molecule has 1 aliphatic rings. The maximum Gasteiger partial charge on any atom is 0.255 e. The molecule has 162 valence electrons. The minimum absolute atomic E-state index is 0.255. The number of piperidine rings is 1. The summed E-state index contributed by atoms with van der Waals surface area (Å²) in [5.41, 5.74) is 5.97. The van der Waals surface area contributed by atoms with Crippen LogP contribution in [0.3, 0.4) is 0 Å². The molecular weight excluding hydrogens is 401 g/mol. The molecule has 1 aromatic heterocycles. The summed E-state index contributed by atoms with van der Waals surface area (Å²) in [7, 11) is 2.19. The lowest BCUT2D eigenvalue weighted by Gasteiger charge is -2.28. The number of anilines is 1. The first-order valence-electron chi connectivity index (χ1n) is 11.0. The van der Waals surface area contributed by atoms with Gasteiger partial charge >= 0.3 is 0 Å². The van der Waals surface area contributed by atoms with Crippen LogP contribution in [0.2, 0.25) is 0 Å². The summed E-state index contributed by atoms with van der Waals surface area (Å²) in [6.07, 6.45) is 4.56. The van der Waals surface area contributed by atoms with Crippen molar-refractivity contribution in [2.45, 2.75) is 18.8 Å².